The predicted molar refractivity (Wildman–Crippen MR) is 86.0 cm³/mol. The summed E-state index contributed by atoms with van der Waals surface area (Å²) < 4.78 is 13.2. The molecule has 0 saturated heterocycles. The molecule has 0 unspecified atom stereocenters. The maximum atomic E-state index is 6.71. The van der Waals surface area contributed by atoms with E-state index in [1.165, 1.54) is 10.8 Å². The molecule has 0 aromatic heterocycles. The number of benzene rings is 1. The molecule has 4 heteroatoms. The van der Waals surface area contributed by atoms with Crippen molar-refractivity contribution in [1.29, 1.82) is 0 Å². The first-order valence-electron chi connectivity index (χ1n) is 7.19. The van der Waals surface area contributed by atoms with Crippen LogP contribution in [0.2, 0.25) is 24.2 Å². The van der Waals surface area contributed by atoms with Crippen molar-refractivity contribution in [3.05, 3.63) is 23.8 Å². The van der Waals surface area contributed by atoms with Crippen LogP contribution in [0.1, 0.15) is 33.3 Å². The zero-order valence-electron chi connectivity index (χ0n) is 13.2. The van der Waals surface area contributed by atoms with Crippen LogP contribution in [0, 0.1) is 6.92 Å². The molecule has 2 nitrogen and oxygen atoms in total. The molecule has 0 saturated carbocycles. The zero-order valence-corrected chi connectivity index (χ0v) is 15.2. The van der Waals surface area contributed by atoms with E-state index in [4.69, 9.17) is 8.54 Å². The van der Waals surface area contributed by atoms with Gasteiger partial charge >= 0.3 is 8.56 Å². The molecule has 1 aliphatic rings. The minimum atomic E-state index is -2.19. The highest BCUT2D eigenvalue weighted by molar-refractivity contribution is 6.94. The molecule has 106 valence electrons. The molecule has 1 aliphatic heterocycles. The van der Waals surface area contributed by atoms with Gasteiger partial charge in [0.15, 0.2) is 0 Å². The van der Waals surface area contributed by atoms with Crippen molar-refractivity contribution >= 4 is 22.1 Å². The fraction of sp³-hybridized carbons (Fsp3) is 0.600. The van der Waals surface area contributed by atoms with E-state index in [2.05, 4.69) is 65.9 Å². The lowest BCUT2D eigenvalue weighted by Gasteiger charge is -2.47. The van der Waals surface area contributed by atoms with Gasteiger partial charge in [0.05, 0.1) is 0 Å². The molecule has 0 spiro atoms. The maximum Gasteiger partial charge on any atom is 0.394 e. The Bertz CT molecular complexity index is 473. The van der Waals surface area contributed by atoms with E-state index >= 15 is 0 Å². The number of rotatable bonds is 2. The van der Waals surface area contributed by atoms with Gasteiger partial charge in [-0.15, -0.1) is 0 Å². The Labute approximate surface area is 119 Å². The summed E-state index contributed by atoms with van der Waals surface area (Å²) in [4.78, 5) is 0. The van der Waals surface area contributed by atoms with Crippen molar-refractivity contribution in [3.8, 4) is 5.75 Å². The Hall–Kier alpha value is -0.586. The Balaban J connectivity index is 2.57. The van der Waals surface area contributed by atoms with Crippen molar-refractivity contribution in [2.45, 2.75) is 58.8 Å². The maximum absolute atomic E-state index is 6.71. The molecule has 2 rings (SSSR count). The highest BCUT2D eigenvalue weighted by Crippen LogP contribution is 2.41. The molecular formula is C15H26O2Si2. The third kappa shape index (κ3) is 2.41. The molecular weight excluding hydrogens is 268 g/mol. The molecule has 0 aliphatic carbocycles. The minimum absolute atomic E-state index is 0.466. The van der Waals surface area contributed by atoms with Gasteiger partial charge in [-0.3, -0.25) is 0 Å². The van der Waals surface area contributed by atoms with Crippen LogP contribution in [-0.2, 0) is 4.12 Å². The highest BCUT2D eigenvalue weighted by atomic mass is 28.4. The Kier molecular flexibility index (Phi) is 3.71. The Morgan fingerprint density at radius 2 is 1.58 bits per heavy atom. The van der Waals surface area contributed by atoms with E-state index in [-0.39, 0.29) is 0 Å². The molecule has 0 N–H and O–H groups in total. The van der Waals surface area contributed by atoms with Crippen LogP contribution in [-0.4, -0.2) is 16.9 Å². The SMILES string of the molecule is Cc1ccc2c(c1)O[Si](C(C)C)(C(C)C)O[Si]2(C)C. The van der Waals surface area contributed by atoms with Crippen LogP contribution in [0.5, 0.6) is 5.75 Å². The second-order valence-corrected chi connectivity index (χ2v) is 15.1. The zero-order chi connectivity index (χ0) is 14.4. The van der Waals surface area contributed by atoms with Crippen molar-refractivity contribution in [3.63, 3.8) is 0 Å². The largest absolute Gasteiger partial charge is 0.520 e. The summed E-state index contributed by atoms with van der Waals surface area (Å²) in [5, 5.41) is 1.31. The van der Waals surface area contributed by atoms with Crippen LogP contribution in [0.25, 0.3) is 0 Å². The van der Waals surface area contributed by atoms with Crippen molar-refractivity contribution in [2.75, 3.05) is 0 Å². The van der Waals surface area contributed by atoms with E-state index in [1.807, 2.05) is 0 Å². The smallest absolute Gasteiger partial charge is 0.394 e. The van der Waals surface area contributed by atoms with Crippen molar-refractivity contribution in [2.24, 2.45) is 0 Å². The fourth-order valence-corrected chi connectivity index (χ4v) is 12.3. The van der Waals surface area contributed by atoms with E-state index < -0.39 is 16.9 Å². The highest BCUT2D eigenvalue weighted by Gasteiger charge is 2.54. The summed E-state index contributed by atoms with van der Waals surface area (Å²) in [7, 11) is -4.04. The Morgan fingerprint density at radius 1 is 1.00 bits per heavy atom. The lowest BCUT2D eigenvalue weighted by atomic mass is 10.2. The number of hydrogen-bond donors (Lipinski definition) is 0. The summed E-state index contributed by atoms with van der Waals surface area (Å²) in [6.07, 6.45) is 0. The van der Waals surface area contributed by atoms with E-state index in [9.17, 15) is 0 Å². The molecule has 1 aromatic carbocycles. The monoisotopic (exact) mass is 294 g/mol. The van der Waals surface area contributed by atoms with Crippen LogP contribution < -0.4 is 9.61 Å². The summed E-state index contributed by atoms with van der Waals surface area (Å²) in [5.74, 6) is 1.09. The van der Waals surface area contributed by atoms with Gasteiger partial charge < -0.3 is 8.54 Å². The Morgan fingerprint density at radius 3 is 2.11 bits per heavy atom. The number of aryl methyl sites for hydroxylation is 1. The van der Waals surface area contributed by atoms with Crippen LogP contribution in [0.4, 0.5) is 0 Å². The number of hydrogen-bond acceptors (Lipinski definition) is 2. The molecule has 1 aromatic rings. The van der Waals surface area contributed by atoms with Crippen LogP contribution in [0.3, 0.4) is 0 Å². The van der Waals surface area contributed by atoms with E-state index in [0.29, 0.717) is 11.1 Å². The standard InChI is InChI=1S/C15H26O2Si2/c1-11(2)19(12(3)4)16-14-10-13(5)8-9-15(14)18(6,7)17-19/h8-12H,1-7H3. The van der Waals surface area contributed by atoms with E-state index in [1.54, 1.807) is 0 Å². The third-order valence-electron chi connectivity index (χ3n) is 4.08. The van der Waals surface area contributed by atoms with Crippen LogP contribution >= 0.6 is 0 Å². The molecule has 1 heterocycles. The van der Waals surface area contributed by atoms with Crippen LogP contribution in [0.15, 0.2) is 18.2 Å². The van der Waals surface area contributed by atoms with Gasteiger partial charge in [0.25, 0.3) is 0 Å². The summed E-state index contributed by atoms with van der Waals surface area (Å²) >= 11 is 0. The predicted octanol–water partition coefficient (Wildman–Crippen LogP) is 4.08. The molecule has 0 radical (unpaired) electrons. The first kappa shape index (κ1) is 14.8. The molecule has 0 fully saturated rings. The topological polar surface area (TPSA) is 18.5 Å². The molecule has 0 atom stereocenters. The molecule has 0 amide bonds. The normalized spacial score (nSPS) is 20.3. The first-order chi connectivity index (χ1) is 8.69. The second kappa shape index (κ2) is 4.75. The first-order valence-corrected chi connectivity index (χ1v) is 12.1. The fourth-order valence-electron chi connectivity index (χ4n) is 3.00. The van der Waals surface area contributed by atoms with Crippen molar-refractivity contribution < 1.29 is 8.54 Å². The van der Waals surface area contributed by atoms with Gasteiger partial charge in [-0.25, -0.2) is 0 Å². The van der Waals surface area contributed by atoms with Gasteiger partial charge in [0, 0.05) is 16.3 Å². The molecule has 0 bridgehead atoms. The van der Waals surface area contributed by atoms with Crippen molar-refractivity contribution in [1.82, 2.24) is 0 Å². The average Bonchev–Trinajstić information content (AvgIpc) is 2.26. The summed E-state index contributed by atoms with van der Waals surface area (Å²) in [6, 6.07) is 6.56. The van der Waals surface area contributed by atoms with Gasteiger partial charge in [0.2, 0.25) is 8.32 Å². The van der Waals surface area contributed by atoms with E-state index in [0.717, 1.165) is 5.75 Å². The molecule has 19 heavy (non-hydrogen) atoms. The minimum Gasteiger partial charge on any atom is -0.520 e. The summed E-state index contributed by atoms with van der Waals surface area (Å²) in [6.45, 7) is 15.7. The summed E-state index contributed by atoms with van der Waals surface area (Å²) in [5.41, 5.74) is 2.20. The third-order valence-corrected chi connectivity index (χ3v) is 12.9. The quantitative estimate of drug-likeness (QED) is 0.765. The van der Waals surface area contributed by atoms with Gasteiger partial charge in [-0.1, -0.05) is 39.8 Å². The van der Waals surface area contributed by atoms with Gasteiger partial charge in [0.1, 0.15) is 5.75 Å². The van der Waals surface area contributed by atoms with Gasteiger partial charge in [-0.2, -0.15) is 0 Å². The van der Waals surface area contributed by atoms with Gasteiger partial charge in [-0.05, 0) is 31.6 Å². The lowest BCUT2D eigenvalue weighted by Crippen LogP contribution is -2.65. The lowest BCUT2D eigenvalue weighted by molar-refractivity contribution is 0.339. The number of fused-ring (bicyclic) bond motifs is 1. The average molecular weight is 295 g/mol. The second-order valence-electron chi connectivity index (χ2n) is 6.74.